The van der Waals surface area contributed by atoms with Gasteiger partial charge in [-0.15, -0.1) is 11.3 Å². The SMILES string of the molecule is O=S(=O)(Nc1ccc(-c2csc(-c3ccccc3)n2)cc1)c1cccc2nsnc12. The maximum atomic E-state index is 12.8. The lowest BCUT2D eigenvalue weighted by atomic mass is 10.1. The monoisotopic (exact) mass is 450 g/mol. The first kappa shape index (κ1) is 18.9. The Hall–Kier alpha value is -3.14. The van der Waals surface area contributed by atoms with Crippen molar-refractivity contribution in [2.45, 2.75) is 4.90 Å². The minimum Gasteiger partial charge on any atom is -0.280 e. The Morgan fingerprint density at radius 1 is 0.800 bits per heavy atom. The average Bonchev–Trinajstić information content (AvgIpc) is 3.44. The van der Waals surface area contributed by atoms with Gasteiger partial charge in [0.25, 0.3) is 10.0 Å². The lowest BCUT2D eigenvalue weighted by Crippen LogP contribution is -2.13. The molecule has 0 amide bonds. The molecule has 0 bridgehead atoms. The number of thiazole rings is 1. The highest BCUT2D eigenvalue weighted by Crippen LogP contribution is 2.30. The van der Waals surface area contributed by atoms with Gasteiger partial charge in [-0.05, 0) is 24.3 Å². The van der Waals surface area contributed by atoms with Gasteiger partial charge in [0.15, 0.2) is 0 Å². The Kier molecular flexibility index (Phi) is 4.78. The summed E-state index contributed by atoms with van der Waals surface area (Å²) in [5, 5.41) is 2.94. The van der Waals surface area contributed by atoms with Crippen molar-refractivity contribution in [2.24, 2.45) is 0 Å². The summed E-state index contributed by atoms with van der Waals surface area (Å²) in [7, 11) is -3.78. The number of hydrogen-bond donors (Lipinski definition) is 1. The van der Waals surface area contributed by atoms with Crippen LogP contribution in [0.15, 0.2) is 83.1 Å². The Balaban J connectivity index is 1.39. The van der Waals surface area contributed by atoms with E-state index in [4.69, 9.17) is 4.98 Å². The quantitative estimate of drug-likeness (QED) is 0.394. The van der Waals surface area contributed by atoms with Crippen LogP contribution in [0.2, 0.25) is 0 Å². The molecular weight excluding hydrogens is 436 g/mol. The van der Waals surface area contributed by atoms with Gasteiger partial charge in [-0.2, -0.15) is 8.75 Å². The fourth-order valence-corrected chi connectivity index (χ4v) is 5.70. The highest BCUT2D eigenvalue weighted by molar-refractivity contribution is 7.93. The second-order valence-corrected chi connectivity index (χ2v) is 9.51. The van der Waals surface area contributed by atoms with E-state index in [1.54, 1.807) is 35.6 Å². The Labute approximate surface area is 181 Å². The molecule has 9 heteroatoms. The normalized spacial score (nSPS) is 11.6. The van der Waals surface area contributed by atoms with Gasteiger partial charge in [0, 0.05) is 22.2 Å². The standard InChI is InChI=1S/C21H14N4O2S3/c26-30(27,19-8-4-7-17-20(19)24-29-23-17)25-16-11-9-14(10-12-16)18-13-28-21(22-18)15-5-2-1-3-6-15/h1-13,25H. The number of anilines is 1. The lowest BCUT2D eigenvalue weighted by molar-refractivity contribution is 0.602. The van der Waals surface area contributed by atoms with E-state index >= 15 is 0 Å². The highest BCUT2D eigenvalue weighted by atomic mass is 32.2. The predicted molar refractivity (Wildman–Crippen MR) is 121 cm³/mol. The summed E-state index contributed by atoms with van der Waals surface area (Å²) in [5.74, 6) is 0. The smallest absolute Gasteiger partial charge is 0.264 e. The van der Waals surface area contributed by atoms with Crippen LogP contribution in [0.1, 0.15) is 0 Å². The van der Waals surface area contributed by atoms with E-state index < -0.39 is 10.0 Å². The first-order valence-corrected chi connectivity index (χ1v) is 12.0. The number of nitrogens with one attached hydrogen (secondary N) is 1. The molecule has 0 spiro atoms. The molecule has 0 unspecified atom stereocenters. The Morgan fingerprint density at radius 3 is 2.40 bits per heavy atom. The van der Waals surface area contributed by atoms with E-state index in [-0.39, 0.29) is 4.90 Å². The van der Waals surface area contributed by atoms with Crippen LogP contribution in [0, 0.1) is 0 Å². The third-order valence-corrected chi connectivity index (χ3v) is 7.34. The highest BCUT2D eigenvalue weighted by Gasteiger charge is 2.19. The Bertz CT molecular complexity index is 1430. The van der Waals surface area contributed by atoms with Crippen molar-refractivity contribution >= 4 is 49.8 Å². The van der Waals surface area contributed by atoms with Crippen LogP contribution in [0.4, 0.5) is 5.69 Å². The predicted octanol–water partition coefficient (Wildman–Crippen LogP) is 5.28. The van der Waals surface area contributed by atoms with Crippen LogP contribution in [0.25, 0.3) is 32.9 Å². The van der Waals surface area contributed by atoms with Crippen LogP contribution in [-0.4, -0.2) is 22.1 Å². The van der Waals surface area contributed by atoms with Gasteiger partial charge >= 0.3 is 0 Å². The summed E-state index contributed by atoms with van der Waals surface area (Å²) < 4.78 is 36.5. The number of aromatic nitrogens is 3. The minimum atomic E-state index is -3.78. The second-order valence-electron chi connectivity index (χ2n) is 6.47. The van der Waals surface area contributed by atoms with Crippen molar-refractivity contribution in [1.82, 2.24) is 13.7 Å². The summed E-state index contributed by atoms with van der Waals surface area (Å²) in [5.41, 5.74) is 4.26. The molecule has 0 fully saturated rings. The van der Waals surface area contributed by atoms with Crippen LogP contribution >= 0.6 is 23.1 Å². The summed E-state index contributed by atoms with van der Waals surface area (Å²) in [4.78, 5) is 4.81. The zero-order valence-electron chi connectivity index (χ0n) is 15.4. The first-order valence-electron chi connectivity index (χ1n) is 8.96. The van der Waals surface area contributed by atoms with Crippen molar-refractivity contribution in [1.29, 1.82) is 0 Å². The molecule has 6 nitrogen and oxygen atoms in total. The van der Waals surface area contributed by atoms with Gasteiger partial charge in [-0.25, -0.2) is 13.4 Å². The van der Waals surface area contributed by atoms with Crippen molar-refractivity contribution in [3.63, 3.8) is 0 Å². The van der Waals surface area contributed by atoms with Crippen LogP contribution in [0.5, 0.6) is 0 Å². The molecule has 2 heterocycles. The van der Waals surface area contributed by atoms with Crippen LogP contribution < -0.4 is 4.72 Å². The molecule has 3 aromatic carbocycles. The van der Waals surface area contributed by atoms with Gasteiger partial charge in [0.2, 0.25) is 0 Å². The summed E-state index contributed by atoms with van der Waals surface area (Å²) in [6, 6.07) is 22.1. The van der Waals surface area contributed by atoms with E-state index in [1.807, 2.05) is 47.8 Å². The largest absolute Gasteiger partial charge is 0.280 e. The number of rotatable bonds is 5. The molecule has 0 aliphatic rings. The van der Waals surface area contributed by atoms with E-state index in [9.17, 15) is 8.42 Å². The summed E-state index contributed by atoms with van der Waals surface area (Å²) in [6.45, 7) is 0. The second kappa shape index (κ2) is 7.60. The van der Waals surface area contributed by atoms with Crippen LogP contribution in [0.3, 0.4) is 0 Å². The summed E-state index contributed by atoms with van der Waals surface area (Å²) >= 11 is 2.57. The average molecular weight is 451 g/mol. The molecule has 2 aromatic heterocycles. The molecule has 30 heavy (non-hydrogen) atoms. The fourth-order valence-electron chi connectivity index (χ4n) is 3.04. The molecule has 1 N–H and O–H groups in total. The first-order chi connectivity index (χ1) is 14.6. The molecule has 0 aliphatic heterocycles. The van der Waals surface area contributed by atoms with E-state index in [0.29, 0.717) is 16.7 Å². The topological polar surface area (TPSA) is 84.8 Å². The van der Waals surface area contributed by atoms with E-state index in [0.717, 1.165) is 33.6 Å². The molecule has 5 rings (SSSR count). The van der Waals surface area contributed by atoms with Crippen molar-refractivity contribution in [3.8, 4) is 21.8 Å². The molecule has 5 aromatic rings. The zero-order chi connectivity index (χ0) is 20.6. The van der Waals surface area contributed by atoms with Gasteiger partial charge in [0.1, 0.15) is 20.9 Å². The number of sulfonamides is 1. The van der Waals surface area contributed by atoms with Gasteiger partial charge in [-0.3, -0.25) is 4.72 Å². The van der Waals surface area contributed by atoms with Gasteiger partial charge in [-0.1, -0.05) is 48.5 Å². The fraction of sp³-hybridized carbons (Fsp3) is 0. The Morgan fingerprint density at radius 2 is 1.60 bits per heavy atom. The zero-order valence-corrected chi connectivity index (χ0v) is 17.8. The lowest BCUT2D eigenvalue weighted by Gasteiger charge is -2.09. The molecule has 148 valence electrons. The minimum absolute atomic E-state index is 0.116. The third kappa shape index (κ3) is 3.58. The number of benzene rings is 3. The molecular formula is C21H14N4O2S3. The molecule has 0 radical (unpaired) electrons. The van der Waals surface area contributed by atoms with Crippen molar-refractivity contribution < 1.29 is 8.42 Å². The van der Waals surface area contributed by atoms with Crippen molar-refractivity contribution in [3.05, 3.63) is 78.2 Å². The van der Waals surface area contributed by atoms with Gasteiger partial charge < -0.3 is 0 Å². The summed E-state index contributed by atoms with van der Waals surface area (Å²) in [6.07, 6.45) is 0. The molecule has 0 atom stereocenters. The van der Waals surface area contributed by atoms with E-state index in [2.05, 4.69) is 13.5 Å². The number of hydrogen-bond acceptors (Lipinski definition) is 7. The van der Waals surface area contributed by atoms with Gasteiger partial charge in [0.05, 0.1) is 17.4 Å². The molecule has 0 saturated heterocycles. The maximum absolute atomic E-state index is 12.8. The number of nitrogens with zero attached hydrogens (tertiary/aromatic N) is 3. The van der Waals surface area contributed by atoms with Crippen molar-refractivity contribution in [2.75, 3.05) is 4.72 Å². The van der Waals surface area contributed by atoms with E-state index in [1.165, 1.54) is 6.07 Å². The molecule has 0 aliphatic carbocycles. The van der Waals surface area contributed by atoms with Crippen LogP contribution in [-0.2, 0) is 10.0 Å². The third-order valence-electron chi connectivity index (χ3n) is 4.50. The number of fused-ring (bicyclic) bond motifs is 1. The molecule has 0 saturated carbocycles. The maximum Gasteiger partial charge on any atom is 0.264 e.